The average Bonchev–Trinajstić information content (AvgIpc) is 3.20. The number of anilines is 1. The number of nitrogens with zero attached hydrogens (tertiary/aromatic N) is 1. The van der Waals surface area contributed by atoms with E-state index in [2.05, 4.69) is 10.3 Å². The van der Waals surface area contributed by atoms with Crippen molar-refractivity contribution in [2.24, 2.45) is 0 Å². The first kappa shape index (κ1) is 26.6. The molecule has 2 aromatic carbocycles. The Morgan fingerprint density at radius 3 is 2.35 bits per heavy atom. The van der Waals surface area contributed by atoms with Gasteiger partial charge < -0.3 is 14.8 Å². The molecule has 0 bridgehead atoms. The van der Waals surface area contributed by atoms with Crippen LogP contribution in [0.3, 0.4) is 0 Å². The largest absolute Gasteiger partial charge is 0.462 e. The number of esters is 2. The van der Waals surface area contributed by atoms with E-state index in [4.69, 9.17) is 32.7 Å². The van der Waals surface area contributed by atoms with E-state index in [0.29, 0.717) is 43.3 Å². The average molecular weight is 557 g/mol. The predicted octanol–water partition coefficient (Wildman–Crippen LogP) is 7.18. The number of carbonyl (C=O) groups is 3. The summed E-state index contributed by atoms with van der Waals surface area (Å²) >= 11 is 13.2. The number of aromatic nitrogens is 1. The topological polar surface area (TPSA) is 94.6 Å². The molecule has 1 amide bonds. The third kappa shape index (κ3) is 5.46. The molecule has 0 unspecified atom stereocenters. The summed E-state index contributed by atoms with van der Waals surface area (Å²) in [5.74, 6) is -1.70. The van der Waals surface area contributed by atoms with Crippen LogP contribution in [0.15, 0.2) is 48.5 Å². The van der Waals surface area contributed by atoms with Gasteiger partial charge in [-0.25, -0.2) is 14.6 Å². The SMILES string of the molecule is CCOC(=O)c1sc(NC(=O)c2cc(-c3ccc(Cl)c(Cl)c3)nc3ccccc23)c(C(=O)OCC)c1C. The lowest BCUT2D eigenvalue weighted by atomic mass is 10.0. The number of hydrogen-bond acceptors (Lipinski definition) is 7. The van der Waals surface area contributed by atoms with Crippen LogP contribution in [0.4, 0.5) is 5.00 Å². The van der Waals surface area contributed by atoms with Crippen molar-refractivity contribution in [3.05, 3.63) is 80.1 Å². The number of nitrogens with one attached hydrogen (secondary N) is 1. The zero-order valence-electron chi connectivity index (χ0n) is 20.2. The van der Waals surface area contributed by atoms with Gasteiger partial charge in [0.2, 0.25) is 0 Å². The first-order valence-electron chi connectivity index (χ1n) is 11.4. The second-order valence-corrected chi connectivity index (χ2v) is 9.69. The van der Waals surface area contributed by atoms with Crippen molar-refractivity contribution in [3.8, 4) is 11.3 Å². The van der Waals surface area contributed by atoms with Gasteiger partial charge in [-0.05, 0) is 50.6 Å². The van der Waals surface area contributed by atoms with E-state index in [9.17, 15) is 14.4 Å². The molecule has 0 saturated carbocycles. The summed E-state index contributed by atoms with van der Waals surface area (Å²) in [6.07, 6.45) is 0. The van der Waals surface area contributed by atoms with Crippen molar-refractivity contribution in [1.82, 2.24) is 4.98 Å². The van der Waals surface area contributed by atoms with Crippen molar-refractivity contribution >= 4 is 68.3 Å². The summed E-state index contributed by atoms with van der Waals surface area (Å²) in [5.41, 5.74) is 2.61. The molecule has 7 nitrogen and oxygen atoms in total. The molecule has 2 aromatic heterocycles. The summed E-state index contributed by atoms with van der Waals surface area (Å²) in [6.45, 7) is 5.30. The van der Waals surface area contributed by atoms with Crippen molar-refractivity contribution < 1.29 is 23.9 Å². The zero-order chi connectivity index (χ0) is 26.7. The number of rotatable bonds is 7. The Morgan fingerprint density at radius 1 is 0.946 bits per heavy atom. The van der Waals surface area contributed by atoms with E-state index in [-0.39, 0.29) is 28.7 Å². The lowest BCUT2D eigenvalue weighted by Gasteiger charge is -2.11. The van der Waals surface area contributed by atoms with Crippen LogP contribution in [-0.2, 0) is 9.47 Å². The molecule has 1 N–H and O–H groups in total. The van der Waals surface area contributed by atoms with Gasteiger partial charge in [0.05, 0.1) is 45.6 Å². The number of carbonyl (C=O) groups excluding carboxylic acids is 3. The van der Waals surface area contributed by atoms with Gasteiger partial charge in [0.25, 0.3) is 5.91 Å². The Hall–Kier alpha value is -3.46. The molecule has 2 heterocycles. The standard InChI is InChI=1S/C27H22Cl2N2O5S/c1-4-35-26(33)22-14(3)23(27(34)36-5-2)37-25(22)31-24(32)17-13-21(15-10-11-18(28)19(29)12-15)30-20-9-7-6-8-16(17)20/h6-13H,4-5H2,1-3H3,(H,31,32). The molecular weight excluding hydrogens is 535 g/mol. The number of para-hydroxylation sites is 1. The van der Waals surface area contributed by atoms with Gasteiger partial charge in [-0.1, -0.05) is 47.5 Å². The maximum Gasteiger partial charge on any atom is 0.348 e. The Kier molecular flexibility index (Phi) is 8.12. The molecule has 0 atom stereocenters. The first-order chi connectivity index (χ1) is 17.7. The second kappa shape index (κ2) is 11.3. The van der Waals surface area contributed by atoms with Crippen LogP contribution in [0.2, 0.25) is 10.0 Å². The molecule has 0 saturated heterocycles. The van der Waals surface area contributed by atoms with Crippen LogP contribution >= 0.6 is 34.5 Å². The molecule has 37 heavy (non-hydrogen) atoms. The van der Waals surface area contributed by atoms with Crippen molar-refractivity contribution in [3.63, 3.8) is 0 Å². The number of ether oxygens (including phenoxy) is 2. The molecule has 0 aliphatic carbocycles. The van der Waals surface area contributed by atoms with Gasteiger partial charge in [0.15, 0.2) is 0 Å². The molecule has 0 aliphatic rings. The zero-order valence-corrected chi connectivity index (χ0v) is 22.5. The molecule has 190 valence electrons. The summed E-state index contributed by atoms with van der Waals surface area (Å²) in [4.78, 5) is 43.8. The normalized spacial score (nSPS) is 10.8. The van der Waals surface area contributed by atoms with Gasteiger partial charge >= 0.3 is 11.9 Å². The summed E-state index contributed by atoms with van der Waals surface area (Å²) < 4.78 is 10.3. The number of halogens is 2. The fraction of sp³-hybridized carbons (Fsp3) is 0.185. The minimum atomic E-state index is -0.641. The summed E-state index contributed by atoms with van der Waals surface area (Å²) in [7, 11) is 0. The van der Waals surface area contributed by atoms with E-state index in [1.807, 2.05) is 6.07 Å². The third-order valence-electron chi connectivity index (χ3n) is 5.49. The minimum Gasteiger partial charge on any atom is -0.462 e. The van der Waals surface area contributed by atoms with Crippen LogP contribution in [0, 0.1) is 6.92 Å². The van der Waals surface area contributed by atoms with Crippen molar-refractivity contribution in [2.45, 2.75) is 20.8 Å². The van der Waals surface area contributed by atoms with Crippen LogP contribution in [0.25, 0.3) is 22.2 Å². The van der Waals surface area contributed by atoms with E-state index >= 15 is 0 Å². The molecular formula is C27H22Cl2N2O5S. The molecule has 4 aromatic rings. The highest BCUT2D eigenvalue weighted by Gasteiger charge is 2.28. The highest BCUT2D eigenvalue weighted by atomic mass is 35.5. The fourth-order valence-electron chi connectivity index (χ4n) is 3.78. The molecule has 10 heteroatoms. The maximum atomic E-state index is 13.6. The van der Waals surface area contributed by atoms with Gasteiger partial charge in [-0.15, -0.1) is 11.3 Å². The highest BCUT2D eigenvalue weighted by Crippen LogP contribution is 2.36. The Balaban J connectivity index is 1.81. The van der Waals surface area contributed by atoms with E-state index in [0.717, 1.165) is 11.3 Å². The van der Waals surface area contributed by atoms with Gasteiger partial charge in [0.1, 0.15) is 9.88 Å². The predicted molar refractivity (Wildman–Crippen MR) is 146 cm³/mol. The smallest absolute Gasteiger partial charge is 0.348 e. The Morgan fingerprint density at radius 2 is 1.65 bits per heavy atom. The van der Waals surface area contributed by atoms with Gasteiger partial charge in [-0.3, -0.25) is 4.79 Å². The number of fused-ring (bicyclic) bond motifs is 1. The summed E-state index contributed by atoms with van der Waals surface area (Å²) in [6, 6.07) is 14.0. The van der Waals surface area contributed by atoms with Crippen LogP contribution in [0.5, 0.6) is 0 Å². The number of benzene rings is 2. The van der Waals surface area contributed by atoms with Crippen molar-refractivity contribution in [1.29, 1.82) is 0 Å². The highest BCUT2D eigenvalue weighted by molar-refractivity contribution is 7.18. The quantitative estimate of drug-likeness (QED) is 0.242. The monoisotopic (exact) mass is 556 g/mol. The van der Waals surface area contributed by atoms with E-state index < -0.39 is 17.8 Å². The van der Waals surface area contributed by atoms with E-state index in [1.165, 1.54) is 0 Å². The lowest BCUT2D eigenvalue weighted by molar-refractivity contribution is 0.0527. The van der Waals surface area contributed by atoms with Crippen LogP contribution in [0.1, 0.15) is 49.8 Å². The second-order valence-electron chi connectivity index (χ2n) is 7.86. The summed E-state index contributed by atoms with van der Waals surface area (Å²) in [5, 5.41) is 4.38. The van der Waals surface area contributed by atoms with Crippen molar-refractivity contribution in [2.75, 3.05) is 18.5 Å². The molecule has 0 aliphatic heterocycles. The van der Waals surface area contributed by atoms with Gasteiger partial charge in [0, 0.05) is 10.9 Å². The number of amides is 1. The fourth-order valence-corrected chi connectivity index (χ4v) is 5.16. The molecule has 0 spiro atoms. The third-order valence-corrected chi connectivity index (χ3v) is 7.42. The Bertz CT molecular complexity index is 1530. The van der Waals surface area contributed by atoms with E-state index in [1.54, 1.807) is 63.2 Å². The molecule has 0 fully saturated rings. The molecule has 0 radical (unpaired) electrons. The minimum absolute atomic E-state index is 0.117. The molecule has 4 rings (SSSR count). The number of pyridine rings is 1. The first-order valence-corrected chi connectivity index (χ1v) is 13.0. The number of hydrogen-bond donors (Lipinski definition) is 1. The van der Waals surface area contributed by atoms with Crippen LogP contribution < -0.4 is 5.32 Å². The maximum absolute atomic E-state index is 13.6. The van der Waals surface area contributed by atoms with Gasteiger partial charge in [-0.2, -0.15) is 0 Å². The lowest BCUT2D eigenvalue weighted by Crippen LogP contribution is -2.15. The van der Waals surface area contributed by atoms with Crippen LogP contribution in [-0.4, -0.2) is 36.0 Å². The number of thiophene rings is 1. The Labute approximate surface area is 227 Å².